The van der Waals surface area contributed by atoms with Crippen LogP contribution in [0.4, 0.5) is 0 Å². The molecule has 0 heterocycles. The Balaban J connectivity index is 2.79. The van der Waals surface area contributed by atoms with E-state index in [-0.39, 0.29) is 11.8 Å². The quantitative estimate of drug-likeness (QED) is 0.600. The van der Waals surface area contributed by atoms with Gasteiger partial charge < -0.3 is 10.6 Å². The average Bonchev–Trinajstić information content (AvgIpc) is 2.35. The van der Waals surface area contributed by atoms with Crippen molar-refractivity contribution in [2.75, 3.05) is 13.6 Å². The Hall–Kier alpha value is -1.35. The number of rotatable bonds is 6. The Morgan fingerprint density at radius 2 is 1.78 bits per heavy atom. The van der Waals surface area contributed by atoms with Crippen LogP contribution in [0.1, 0.15) is 32.3 Å². The molecule has 1 aromatic carbocycles. The molecule has 3 nitrogen and oxygen atoms in total. The molecule has 0 aliphatic rings. The Bertz CT molecular complexity index is 373. The van der Waals surface area contributed by atoms with Crippen molar-refractivity contribution in [3.63, 3.8) is 0 Å². The zero-order chi connectivity index (χ0) is 13.7. The van der Waals surface area contributed by atoms with Crippen LogP contribution in [0.2, 0.25) is 0 Å². The fourth-order valence-electron chi connectivity index (χ4n) is 2.03. The van der Waals surface area contributed by atoms with Gasteiger partial charge in [-0.05, 0) is 25.5 Å². The number of hydrogen-bond acceptors (Lipinski definition) is 2. The van der Waals surface area contributed by atoms with Crippen molar-refractivity contribution in [2.45, 2.75) is 32.7 Å². The minimum Gasteiger partial charge on any atom is -0.387 e. The Morgan fingerprint density at radius 3 is 2.22 bits per heavy atom. The third-order valence-corrected chi connectivity index (χ3v) is 3.71. The highest BCUT2D eigenvalue weighted by Gasteiger charge is 2.21. The lowest BCUT2D eigenvalue weighted by atomic mass is 9.96. The average molecular weight is 247 g/mol. The third-order valence-electron chi connectivity index (χ3n) is 3.71. The molecule has 100 valence electrons. The maximum absolute atomic E-state index is 7.78. The van der Waals surface area contributed by atoms with Crippen LogP contribution < -0.4 is 5.73 Å². The van der Waals surface area contributed by atoms with Crippen molar-refractivity contribution in [3.05, 3.63) is 35.9 Å². The fraction of sp³-hybridized carbons (Fsp3) is 0.533. The van der Waals surface area contributed by atoms with Gasteiger partial charge in [-0.25, -0.2) is 0 Å². The van der Waals surface area contributed by atoms with E-state index in [4.69, 9.17) is 11.1 Å². The molecular weight excluding hydrogens is 222 g/mol. The van der Waals surface area contributed by atoms with Crippen molar-refractivity contribution >= 4 is 5.84 Å². The zero-order valence-electron chi connectivity index (χ0n) is 11.9. The molecule has 2 unspecified atom stereocenters. The van der Waals surface area contributed by atoms with E-state index in [9.17, 15) is 0 Å². The van der Waals surface area contributed by atoms with E-state index in [1.807, 2.05) is 30.3 Å². The smallest absolute Gasteiger partial charge is 0.0995 e. The molecule has 3 heteroatoms. The van der Waals surface area contributed by atoms with Gasteiger partial charge in [-0.15, -0.1) is 0 Å². The molecule has 0 aromatic heterocycles. The van der Waals surface area contributed by atoms with Crippen LogP contribution in [-0.4, -0.2) is 30.4 Å². The second-order valence-corrected chi connectivity index (χ2v) is 5.34. The Morgan fingerprint density at radius 1 is 1.22 bits per heavy atom. The molecule has 18 heavy (non-hydrogen) atoms. The first-order chi connectivity index (χ1) is 8.43. The van der Waals surface area contributed by atoms with Crippen LogP contribution in [0, 0.1) is 11.3 Å². The number of hydrogen-bond donors (Lipinski definition) is 2. The molecule has 2 atom stereocenters. The summed E-state index contributed by atoms with van der Waals surface area (Å²) in [5.74, 6) is 0.819. The summed E-state index contributed by atoms with van der Waals surface area (Å²) in [5, 5.41) is 7.78. The third kappa shape index (κ3) is 3.84. The van der Waals surface area contributed by atoms with Gasteiger partial charge in [0.1, 0.15) is 0 Å². The van der Waals surface area contributed by atoms with Gasteiger partial charge in [0.2, 0.25) is 0 Å². The lowest BCUT2D eigenvalue weighted by molar-refractivity contribution is 0.206. The zero-order valence-corrected chi connectivity index (χ0v) is 11.9. The summed E-state index contributed by atoms with van der Waals surface area (Å²) in [6.45, 7) is 7.43. The Kier molecular flexibility index (Phi) is 5.35. The number of likely N-dealkylation sites (N-methyl/N-ethyl adjacent to an activating group) is 1. The summed E-state index contributed by atoms with van der Waals surface area (Å²) in [4.78, 5) is 2.28. The molecule has 0 bridgehead atoms. The first kappa shape index (κ1) is 14.7. The van der Waals surface area contributed by atoms with E-state index in [0.29, 0.717) is 12.0 Å². The normalized spacial score (nSPS) is 14.8. The van der Waals surface area contributed by atoms with Gasteiger partial charge in [-0.1, -0.05) is 44.2 Å². The standard InChI is InChI=1S/C15H25N3/c1-11(2)12(3)18(4)10-14(15(16)17)13-8-6-5-7-9-13/h5-9,11-12,14H,10H2,1-4H3,(H3,16,17). The van der Waals surface area contributed by atoms with E-state index < -0.39 is 0 Å². The number of benzene rings is 1. The van der Waals surface area contributed by atoms with E-state index in [0.717, 1.165) is 12.1 Å². The van der Waals surface area contributed by atoms with E-state index >= 15 is 0 Å². The first-order valence-electron chi connectivity index (χ1n) is 6.52. The highest BCUT2D eigenvalue weighted by atomic mass is 15.1. The SMILES string of the molecule is CC(C)C(C)N(C)CC(C(=N)N)c1ccccc1. The molecule has 1 aromatic rings. The number of nitrogens with two attached hydrogens (primary N) is 1. The molecule has 1 rings (SSSR count). The van der Waals surface area contributed by atoms with Crippen LogP contribution in [0.15, 0.2) is 30.3 Å². The van der Waals surface area contributed by atoms with Gasteiger partial charge in [-0.2, -0.15) is 0 Å². The summed E-state index contributed by atoms with van der Waals surface area (Å²) in [6, 6.07) is 10.5. The molecule has 0 saturated heterocycles. The van der Waals surface area contributed by atoms with Gasteiger partial charge in [0.15, 0.2) is 0 Å². The van der Waals surface area contributed by atoms with Crippen molar-refractivity contribution in [3.8, 4) is 0 Å². The van der Waals surface area contributed by atoms with Gasteiger partial charge >= 0.3 is 0 Å². The van der Waals surface area contributed by atoms with Gasteiger partial charge in [0, 0.05) is 12.6 Å². The minimum absolute atomic E-state index is 0.0163. The molecule has 0 aliphatic carbocycles. The maximum Gasteiger partial charge on any atom is 0.0995 e. The van der Waals surface area contributed by atoms with Gasteiger partial charge in [0.25, 0.3) is 0 Å². The fourth-order valence-corrected chi connectivity index (χ4v) is 2.03. The molecule has 0 aliphatic heterocycles. The molecule has 0 amide bonds. The van der Waals surface area contributed by atoms with E-state index in [2.05, 4.69) is 32.7 Å². The van der Waals surface area contributed by atoms with Crippen molar-refractivity contribution < 1.29 is 0 Å². The van der Waals surface area contributed by atoms with Crippen LogP contribution in [0.3, 0.4) is 0 Å². The molecule has 3 N–H and O–H groups in total. The molecular formula is C15H25N3. The highest BCUT2D eigenvalue weighted by Crippen LogP contribution is 2.19. The van der Waals surface area contributed by atoms with Gasteiger partial charge in [-0.3, -0.25) is 5.41 Å². The summed E-state index contributed by atoms with van der Waals surface area (Å²) in [6.07, 6.45) is 0. The van der Waals surface area contributed by atoms with Crippen LogP contribution in [0.25, 0.3) is 0 Å². The lowest BCUT2D eigenvalue weighted by Crippen LogP contribution is -2.39. The van der Waals surface area contributed by atoms with Crippen molar-refractivity contribution in [2.24, 2.45) is 11.7 Å². The van der Waals surface area contributed by atoms with Gasteiger partial charge in [0.05, 0.1) is 11.8 Å². The summed E-state index contributed by atoms with van der Waals surface area (Å²) in [7, 11) is 2.10. The second kappa shape index (κ2) is 6.55. The predicted molar refractivity (Wildman–Crippen MR) is 78.0 cm³/mol. The largest absolute Gasteiger partial charge is 0.387 e. The van der Waals surface area contributed by atoms with Crippen LogP contribution in [-0.2, 0) is 0 Å². The monoisotopic (exact) mass is 247 g/mol. The summed E-state index contributed by atoms with van der Waals surface area (Å²) in [5.41, 5.74) is 6.87. The first-order valence-corrected chi connectivity index (χ1v) is 6.52. The van der Waals surface area contributed by atoms with E-state index in [1.54, 1.807) is 0 Å². The highest BCUT2D eigenvalue weighted by molar-refractivity contribution is 5.84. The molecule has 0 radical (unpaired) electrons. The maximum atomic E-state index is 7.78. The Labute approximate surface area is 111 Å². The second-order valence-electron chi connectivity index (χ2n) is 5.34. The van der Waals surface area contributed by atoms with Crippen molar-refractivity contribution in [1.82, 2.24) is 4.90 Å². The van der Waals surface area contributed by atoms with E-state index in [1.165, 1.54) is 0 Å². The summed E-state index contributed by atoms with van der Waals surface area (Å²) >= 11 is 0. The topological polar surface area (TPSA) is 53.1 Å². The molecule has 0 fully saturated rings. The van der Waals surface area contributed by atoms with Crippen molar-refractivity contribution in [1.29, 1.82) is 5.41 Å². The number of nitrogens with zero attached hydrogens (tertiary/aromatic N) is 1. The number of amidine groups is 1. The molecule has 0 spiro atoms. The summed E-state index contributed by atoms with van der Waals surface area (Å²) < 4.78 is 0. The van der Waals surface area contributed by atoms with Crippen LogP contribution in [0.5, 0.6) is 0 Å². The minimum atomic E-state index is -0.0163. The predicted octanol–water partition coefficient (Wildman–Crippen LogP) is 2.68. The van der Waals surface area contributed by atoms with Crippen LogP contribution >= 0.6 is 0 Å². The lowest BCUT2D eigenvalue weighted by Gasteiger charge is -2.31. The number of nitrogens with one attached hydrogen (secondary N) is 1. The molecule has 0 saturated carbocycles.